The van der Waals surface area contributed by atoms with E-state index in [0.717, 1.165) is 45.4 Å². The summed E-state index contributed by atoms with van der Waals surface area (Å²) in [6.07, 6.45) is 5.07. The molecular weight excluding hydrogens is 298 g/mol. The quantitative estimate of drug-likeness (QED) is 0.833. The van der Waals surface area contributed by atoms with E-state index < -0.39 is 0 Å². The first-order valence-electron chi connectivity index (χ1n) is 9.47. The molecule has 1 aromatic rings. The van der Waals surface area contributed by atoms with Gasteiger partial charge in [0, 0.05) is 31.5 Å². The molecule has 1 aromatic carbocycles. The number of nitrogens with zero attached hydrogens (tertiary/aromatic N) is 1. The predicted octanol–water partition coefficient (Wildman–Crippen LogP) is 4.08. The van der Waals surface area contributed by atoms with E-state index in [2.05, 4.69) is 49.9 Å². The first-order chi connectivity index (χ1) is 11.5. The van der Waals surface area contributed by atoms with E-state index in [9.17, 15) is 4.79 Å². The third-order valence-corrected chi connectivity index (χ3v) is 5.86. The summed E-state index contributed by atoms with van der Waals surface area (Å²) in [5, 5.41) is 0. The van der Waals surface area contributed by atoms with E-state index >= 15 is 0 Å². The fourth-order valence-corrected chi connectivity index (χ4v) is 4.18. The van der Waals surface area contributed by atoms with Crippen LogP contribution in [0.5, 0.6) is 0 Å². The van der Waals surface area contributed by atoms with Crippen molar-refractivity contribution in [3.8, 4) is 0 Å². The van der Waals surface area contributed by atoms with Gasteiger partial charge in [0.15, 0.2) is 0 Å². The summed E-state index contributed by atoms with van der Waals surface area (Å²) in [4.78, 5) is 15.0. The minimum atomic E-state index is -0.0689. The van der Waals surface area contributed by atoms with Crippen LogP contribution in [0, 0.1) is 12.8 Å². The molecule has 0 unspecified atom stereocenters. The van der Waals surface area contributed by atoms with Crippen molar-refractivity contribution in [3.63, 3.8) is 0 Å². The molecule has 2 aliphatic rings. The molecule has 2 fully saturated rings. The zero-order chi connectivity index (χ0) is 17.2. The molecule has 3 nitrogen and oxygen atoms in total. The second-order valence-electron chi connectivity index (χ2n) is 8.02. The maximum absolute atomic E-state index is 12.9. The zero-order valence-corrected chi connectivity index (χ0v) is 15.4. The number of aryl methyl sites for hydroxylation is 1. The highest BCUT2D eigenvalue weighted by Crippen LogP contribution is 2.42. The van der Waals surface area contributed by atoms with E-state index in [0.29, 0.717) is 18.2 Å². The third-order valence-electron chi connectivity index (χ3n) is 5.86. The lowest BCUT2D eigenvalue weighted by atomic mass is 9.68. The van der Waals surface area contributed by atoms with Crippen LogP contribution in [0.15, 0.2) is 24.3 Å². The highest BCUT2D eigenvalue weighted by atomic mass is 16.5. The lowest BCUT2D eigenvalue weighted by molar-refractivity contribution is -0.133. The highest BCUT2D eigenvalue weighted by molar-refractivity contribution is 5.78. The Kier molecular flexibility index (Phi) is 5.29. The average molecular weight is 329 g/mol. The average Bonchev–Trinajstić information content (AvgIpc) is 3.10. The number of carbonyl (C=O) groups excluding carboxylic acids is 1. The lowest BCUT2D eigenvalue weighted by Crippen LogP contribution is -2.44. The molecular formula is C21H31NO2. The minimum absolute atomic E-state index is 0.0689. The van der Waals surface area contributed by atoms with Crippen LogP contribution < -0.4 is 0 Å². The lowest BCUT2D eigenvalue weighted by Gasteiger charge is -2.43. The van der Waals surface area contributed by atoms with Crippen LogP contribution in [0.4, 0.5) is 0 Å². The standard InChI is InChI=1S/C21H31NO2/c1-16(2)19-14-21(10-13-24-19,18-8-6-17(3)7-9-18)15-20(23)22-11-4-5-12-22/h6-9,16,19H,4-5,10-15H2,1-3H3/t19-,21+/m1/s1. The maximum atomic E-state index is 12.9. The highest BCUT2D eigenvalue weighted by Gasteiger charge is 2.42. The predicted molar refractivity (Wildman–Crippen MR) is 97.1 cm³/mol. The Morgan fingerprint density at radius 1 is 1.25 bits per heavy atom. The van der Waals surface area contributed by atoms with E-state index in [-0.39, 0.29) is 11.5 Å². The molecule has 0 spiro atoms. The second-order valence-corrected chi connectivity index (χ2v) is 8.02. The van der Waals surface area contributed by atoms with Crippen molar-refractivity contribution < 1.29 is 9.53 Å². The molecule has 0 saturated carbocycles. The van der Waals surface area contributed by atoms with Gasteiger partial charge >= 0.3 is 0 Å². The summed E-state index contributed by atoms with van der Waals surface area (Å²) >= 11 is 0. The first kappa shape index (κ1) is 17.5. The molecule has 2 saturated heterocycles. The van der Waals surface area contributed by atoms with E-state index in [1.165, 1.54) is 11.1 Å². The molecule has 0 aromatic heterocycles. The summed E-state index contributed by atoms with van der Waals surface area (Å²) in [5.41, 5.74) is 2.52. The van der Waals surface area contributed by atoms with Crippen LogP contribution in [0.3, 0.4) is 0 Å². The third kappa shape index (κ3) is 3.66. The van der Waals surface area contributed by atoms with Crippen molar-refractivity contribution in [2.45, 2.75) is 64.4 Å². The smallest absolute Gasteiger partial charge is 0.223 e. The fraction of sp³-hybridized carbons (Fsp3) is 0.667. The molecule has 0 radical (unpaired) electrons. The van der Waals surface area contributed by atoms with Crippen molar-refractivity contribution in [2.24, 2.45) is 5.92 Å². The minimum Gasteiger partial charge on any atom is -0.378 e. The summed E-state index contributed by atoms with van der Waals surface area (Å²) in [6.45, 7) is 9.19. The van der Waals surface area contributed by atoms with E-state index in [1.807, 2.05) is 0 Å². The zero-order valence-electron chi connectivity index (χ0n) is 15.4. The fourth-order valence-electron chi connectivity index (χ4n) is 4.18. The molecule has 3 rings (SSSR count). The van der Waals surface area contributed by atoms with Gasteiger partial charge in [0.05, 0.1) is 6.10 Å². The molecule has 0 bridgehead atoms. The van der Waals surface area contributed by atoms with Crippen LogP contribution in [-0.2, 0) is 14.9 Å². The van der Waals surface area contributed by atoms with Gasteiger partial charge in [-0.3, -0.25) is 4.79 Å². The van der Waals surface area contributed by atoms with Crippen molar-refractivity contribution in [1.29, 1.82) is 0 Å². The van der Waals surface area contributed by atoms with Crippen molar-refractivity contribution >= 4 is 5.91 Å². The molecule has 2 atom stereocenters. The number of hydrogen-bond donors (Lipinski definition) is 0. The number of amides is 1. The number of carbonyl (C=O) groups is 1. The van der Waals surface area contributed by atoms with Crippen molar-refractivity contribution in [2.75, 3.05) is 19.7 Å². The summed E-state index contributed by atoms with van der Waals surface area (Å²) in [7, 11) is 0. The van der Waals surface area contributed by atoms with Gasteiger partial charge < -0.3 is 9.64 Å². The second kappa shape index (κ2) is 7.26. The van der Waals surface area contributed by atoms with Gasteiger partial charge in [-0.15, -0.1) is 0 Å². The number of ether oxygens (including phenoxy) is 1. The van der Waals surface area contributed by atoms with Gasteiger partial charge in [0.1, 0.15) is 0 Å². The van der Waals surface area contributed by atoms with Gasteiger partial charge in [-0.25, -0.2) is 0 Å². The molecule has 24 heavy (non-hydrogen) atoms. The summed E-state index contributed by atoms with van der Waals surface area (Å²) < 4.78 is 6.02. The molecule has 3 heteroatoms. The Hall–Kier alpha value is -1.35. The van der Waals surface area contributed by atoms with Crippen molar-refractivity contribution in [1.82, 2.24) is 4.90 Å². The molecule has 132 valence electrons. The molecule has 0 aliphatic carbocycles. The number of benzene rings is 1. The number of likely N-dealkylation sites (tertiary alicyclic amines) is 1. The number of rotatable bonds is 4. The Balaban J connectivity index is 1.87. The van der Waals surface area contributed by atoms with Crippen LogP contribution in [0.25, 0.3) is 0 Å². The normalized spacial score (nSPS) is 27.7. The van der Waals surface area contributed by atoms with Gasteiger partial charge in [0.25, 0.3) is 0 Å². The van der Waals surface area contributed by atoms with Crippen molar-refractivity contribution in [3.05, 3.63) is 35.4 Å². The van der Waals surface area contributed by atoms with Crippen LogP contribution >= 0.6 is 0 Å². The maximum Gasteiger partial charge on any atom is 0.223 e. The number of hydrogen-bond acceptors (Lipinski definition) is 2. The summed E-state index contributed by atoms with van der Waals surface area (Å²) in [5.74, 6) is 0.814. The Morgan fingerprint density at radius 3 is 2.54 bits per heavy atom. The molecule has 0 N–H and O–H groups in total. The molecule has 2 aliphatic heterocycles. The largest absolute Gasteiger partial charge is 0.378 e. The van der Waals surface area contributed by atoms with E-state index in [4.69, 9.17) is 4.74 Å². The van der Waals surface area contributed by atoms with Gasteiger partial charge in [-0.2, -0.15) is 0 Å². The van der Waals surface area contributed by atoms with Gasteiger partial charge in [-0.05, 0) is 44.1 Å². The molecule has 2 heterocycles. The first-order valence-corrected chi connectivity index (χ1v) is 9.47. The van der Waals surface area contributed by atoms with Crippen LogP contribution in [0.1, 0.15) is 57.1 Å². The summed E-state index contributed by atoms with van der Waals surface area (Å²) in [6, 6.07) is 8.82. The van der Waals surface area contributed by atoms with Crippen LogP contribution in [-0.4, -0.2) is 36.6 Å². The molecule has 1 amide bonds. The Bertz CT molecular complexity index is 560. The van der Waals surface area contributed by atoms with Gasteiger partial charge in [-0.1, -0.05) is 43.7 Å². The Labute approximate surface area is 146 Å². The Morgan fingerprint density at radius 2 is 1.92 bits per heavy atom. The van der Waals surface area contributed by atoms with Crippen LogP contribution in [0.2, 0.25) is 0 Å². The van der Waals surface area contributed by atoms with Gasteiger partial charge in [0.2, 0.25) is 5.91 Å². The topological polar surface area (TPSA) is 29.5 Å². The van der Waals surface area contributed by atoms with E-state index in [1.54, 1.807) is 0 Å². The SMILES string of the molecule is Cc1ccc([C@@]2(CC(=O)N3CCCC3)CCO[C@@H](C(C)C)C2)cc1. The monoisotopic (exact) mass is 329 g/mol.